The lowest BCUT2D eigenvalue weighted by atomic mass is 10.1. The zero-order valence-corrected chi connectivity index (χ0v) is 10.1. The number of hydrogen-bond acceptors (Lipinski definition) is 4. The van der Waals surface area contributed by atoms with Gasteiger partial charge in [0.2, 0.25) is 5.91 Å². The van der Waals surface area contributed by atoms with E-state index in [2.05, 4.69) is 10.5 Å². The maximum absolute atomic E-state index is 10.5. The standard InChI is InChI=1S/C13H15N3O2/c1-9-6-10(7-15-18-8-13(14)17)11-4-2-3-5-12(11)16-9/h2-6,15H,7-8H2,1H3,(H2,14,17). The van der Waals surface area contributed by atoms with Gasteiger partial charge in [0.05, 0.1) is 5.52 Å². The summed E-state index contributed by atoms with van der Waals surface area (Å²) >= 11 is 0. The first-order valence-corrected chi connectivity index (χ1v) is 5.65. The number of pyridine rings is 1. The molecule has 0 bridgehead atoms. The number of amides is 1. The first kappa shape index (κ1) is 12.5. The third-order valence-corrected chi connectivity index (χ3v) is 2.51. The molecule has 1 heterocycles. The van der Waals surface area contributed by atoms with Crippen LogP contribution in [-0.4, -0.2) is 17.5 Å². The molecule has 1 aromatic carbocycles. The van der Waals surface area contributed by atoms with Gasteiger partial charge in [0.1, 0.15) is 6.61 Å². The number of hydroxylamine groups is 1. The summed E-state index contributed by atoms with van der Waals surface area (Å²) in [6.07, 6.45) is 0. The summed E-state index contributed by atoms with van der Waals surface area (Å²) in [5.41, 5.74) is 10.7. The number of rotatable bonds is 5. The second-order valence-corrected chi connectivity index (χ2v) is 4.02. The number of hydrogen-bond donors (Lipinski definition) is 2. The number of nitrogens with zero attached hydrogens (tertiary/aromatic N) is 1. The number of carbonyl (C=O) groups is 1. The van der Waals surface area contributed by atoms with Crippen molar-refractivity contribution in [2.45, 2.75) is 13.5 Å². The zero-order chi connectivity index (χ0) is 13.0. The van der Waals surface area contributed by atoms with Crippen molar-refractivity contribution in [1.29, 1.82) is 0 Å². The molecule has 0 unspecified atom stereocenters. The number of aryl methyl sites for hydroxylation is 1. The van der Waals surface area contributed by atoms with Gasteiger partial charge in [-0.1, -0.05) is 18.2 Å². The number of primary amides is 1. The molecular formula is C13H15N3O2. The quantitative estimate of drug-likeness (QED) is 0.609. The minimum Gasteiger partial charge on any atom is -0.368 e. The van der Waals surface area contributed by atoms with Crippen molar-refractivity contribution in [1.82, 2.24) is 10.5 Å². The van der Waals surface area contributed by atoms with Crippen molar-refractivity contribution in [3.05, 3.63) is 41.6 Å². The van der Waals surface area contributed by atoms with Crippen LogP contribution in [0.4, 0.5) is 0 Å². The Labute approximate surface area is 105 Å². The fourth-order valence-corrected chi connectivity index (χ4v) is 1.79. The molecule has 0 aliphatic heterocycles. The molecule has 5 nitrogen and oxygen atoms in total. The average molecular weight is 245 g/mol. The van der Waals surface area contributed by atoms with Gasteiger partial charge in [-0.3, -0.25) is 14.6 Å². The van der Waals surface area contributed by atoms with Gasteiger partial charge in [0.25, 0.3) is 0 Å². The number of benzene rings is 1. The first-order chi connectivity index (χ1) is 8.66. The molecule has 0 aliphatic carbocycles. The molecule has 1 aromatic heterocycles. The van der Waals surface area contributed by atoms with E-state index in [4.69, 9.17) is 10.6 Å². The molecule has 1 amide bonds. The minimum atomic E-state index is -0.502. The second-order valence-electron chi connectivity index (χ2n) is 4.02. The summed E-state index contributed by atoms with van der Waals surface area (Å²) in [7, 11) is 0. The Balaban J connectivity index is 2.14. The normalized spacial score (nSPS) is 10.7. The molecule has 18 heavy (non-hydrogen) atoms. The highest BCUT2D eigenvalue weighted by Gasteiger charge is 2.03. The molecule has 0 saturated carbocycles. The summed E-state index contributed by atoms with van der Waals surface area (Å²) in [5, 5.41) is 1.07. The van der Waals surface area contributed by atoms with Crippen LogP contribution in [0.15, 0.2) is 30.3 Å². The molecule has 0 radical (unpaired) electrons. The predicted molar refractivity (Wildman–Crippen MR) is 68.5 cm³/mol. The van der Waals surface area contributed by atoms with Gasteiger partial charge in [-0.2, -0.15) is 5.48 Å². The average Bonchev–Trinajstić information content (AvgIpc) is 2.34. The lowest BCUT2D eigenvalue weighted by Gasteiger charge is -2.08. The van der Waals surface area contributed by atoms with Gasteiger partial charge in [-0.25, -0.2) is 0 Å². The van der Waals surface area contributed by atoms with Gasteiger partial charge in [-0.15, -0.1) is 0 Å². The van der Waals surface area contributed by atoms with Gasteiger partial charge < -0.3 is 5.73 Å². The molecule has 94 valence electrons. The highest BCUT2D eigenvalue weighted by Crippen LogP contribution is 2.17. The maximum atomic E-state index is 10.5. The highest BCUT2D eigenvalue weighted by atomic mass is 16.6. The third-order valence-electron chi connectivity index (χ3n) is 2.51. The van der Waals surface area contributed by atoms with E-state index in [9.17, 15) is 4.79 Å². The van der Waals surface area contributed by atoms with Crippen LogP contribution in [0.5, 0.6) is 0 Å². The van der Waals surface area contributed by atoms with Crippen LogP contribution < -0.4 is 11.2 Å². The van der Waals surface area contributed by atoms with Crippen LogP contribution in [0.1, 0.15) is 11.3 Å². The van der Waals surface area contributed by atoms with E-state index in [1.165, 1.54) is 0 Å². The van der Waals surface area contributed by atoms with E-state index >= 15 is 0 Å². The number of nitrogens with two attached hydrogens (primary N) is 1. The molecule has 2 aromatic rings. The van der Waals surface area contributed by atoms with E-state index in [0.717, 1.165) is 22.2 Å². The smallest absolute Gasteiger partial charge is 0.245 e. The molecule has 2 rings (SSSR count). The Morgan fingerprint density at radius 2 is 2.22 bits per heavy atom. The Kier molecular flexibility index (Phi) is 3.86. The van der Waals surface area contributed by atoms with Crippen LogP contribution >= 0.6 is 0 Å². The van der Waals surface area contributed by atoms with Crippen LogP contribution in [0.25, 0.3) is 10.9 Å². The van der Waals surface area contributed by atoms with Crippen molar-refractivity contribution in [2.24, 2.45) is 5.73 Å². The summed E-state index contributed by atoms with van der Waals surface area (Å²) in [4.78, 5) is 19.9. The fraction of sp³-hybridized carbons (Fsp3) is 0.231. The van der Waals surface area contributed by atoms with Crippen molar-refractivity contribution in [3.63, 3.8) is 0 Å². The zero-order valence-electron chi connectivity index (χ0n) is 10.1. The van der Waals surface area contributed by atoms with Gasteiger partial charge in [0, 0.05) is 17.6 Å². The summed E-state index contributed by atoms with van der Waals surface area (Å²) in [5.74, 6) is -0.502. The van der Waals surface area contributed by atoms with E-state index in [-0.39, 0.29) is 6.61 Å². The number of nitrogens with one attached hydrogen (secondary N) is 1. The van der Waals surface area contributed by atoms with E-state index in [1.807, 2.05) is 37.3 Å². The molecular weight excluding hydrogens is 230 g/mol. The van der Waals surface area contributed by atoms with Crippen LogP contribution in [-0.2, 0) is 16.2 Å². The van der Waals surface area contributed by atoms with Gasteiger partial charge in [0.15, 0.2) is 0 Å². The number of para-hydroxylation sites is 1. The lowest BCUT2D eigenvalue weighted by molar-refractivity contribution is -0.125. The Bertz CT molecular complexity index is 569. The highest BCUT2D eigenvalue weighted by molar-refractivity contribution is 5.82. The summed E-state index contributed by atoms with van der Waals surface area (Å²) in [6.45, 7) is 2.30. The molecule has 0 aliphatic rings. The van der Waals surface area contributed by atoms with Crippen LogP contribution in [0, 0.1) is 6.92 Å². The molecule has 5 heteroatoms. The first-order valence-electron chi connectivity index (χ1n) is 5.65. The largest absolute Gasteiger partial charge is 0.368 e. The summed E-state index contributed by atoms with van der Waals surface area (Å²) in [6, 6.07) is 9.88. The van der Waals surface area contributed by atoms with Crippen molar-refractivity contribution in [2.75, 3.05) is 6.61 Å². The summed E-state index contributed by atoms with van der Waals surface area (Å²) < 4.78 is 0. The topological polar surface area (TPSA) is 77.2 Å². The van der Waals surface area contributed by atoms with Crippen molar-refractivity contribution >= 4 is 16.8 Å². The molecule has 3 N–H and O–H groups in total. The molecule has 0 saturated heterocycles. The molecule has 0 spiro atoms. The van der Waals surface area contributed by atoms with E-state index in [0.29, 0.717) is 6.54 Å². The maximum Gasteiger partial charge on any atom is 0.245 e. The monoisotopic (exact) mass is 245 g/mol. The van der Waals surface area contributed by atoms with E-state index in [1.54, 1.807) is 0 Å². The predicted octanol–water partition coefficient (Wildman–Crippen LogP) is 1.05. The molecule has 0 atom stereocenters. The molecule has 0 fully saturated rings. The minimum absolute atomic E-state index is 0.137. The fourth-order valence-electron chi connectivity index (χ4n) is 1.79. The lowest BCUT2D eigenvalue weighted by Crippen LogP contribution is -2.24. The number of fused-ring (bicyclic) bond motifs is 1. The Morgan fingerprint density at radius 1 is 1.44 bits per heavy atom. The number of aromatic nitrogens is 1. The van der Waals surface area contributed by atoms with Gasteiger partial charge in [-0.05, 0) is 24.6 Å². The second kappa shape index (κ2) is 5.57. The van der Waals surface area contributed by atoms with Gasteiger partial charge >= 0.3 is 0 Å². The Hall–Kier alpha value is -1.98. The van der Waals surface area contributed by atoms with E-state index < -0.39 is 5.91 Å². The van der Waals surface area contributed by atoms with Crippen LogP contribution in [0.2, 0.25) is 0 Å². The van der Waals surface area contributed by atoms with Crippen molar-refractivity contribution < 1.29 is 9.63 Å². The Morgan fingerprint density at radius 3 is 3.00 bits per heavy atom. The van der Waals surface area contributed by atoms with Crippen LogP contribution in [0.3, 0.4) is 0 Å². The third kappa shape index (κ3) is 3.03. The SMILES string of the molecule is Cc1cc(CNOCC(N)=O)c2ccccc2n1. The van der Waals surface area contributed by atoms with Crippen molar-refractivity contribution in [3.8, 4) is 0 Å². The number of carbonyl (C=O) groups excluding carboxylic acids is 1.